The molecule has 2 heterocycles. The Morgan fingerprint density at radius 3 is 2.34 bits per heavy atom. The lowest BCUT2D eigenvalue weighted by Crippen LogP contribution is -2.38. The van der Waals surface area contributed by atoms with Crippen LogP contribution in [-0.2, 0) is 22.4 Å². The second kappa shape index (κ2) is 7.94. The van der Waals surface area contributed by atoms with Crippen molar-refractivity contribution in [2.45, 2.75) is 17.5 Å². The van der Waals surface area contributed by atoms with Crippen molar-refractivity contribution in [2.24, 2.45) is 0 Å². The molecular formula is C22H17F3N2O4S. The fourth-order valence-electron chi connectivity index (χ4n) is 3.36. The molecule has 0 radical (unpaired) electrons. The van der Waals surface area contributed by atoms with Gasteiger partial charge in [0.2, 0.25) is 0 Å². The van der Waals surface area contributed by atoms with E-state index in [9.17, 15) is 26.4 Å². The molecule has 6 nitrogen and oxygen atoms in total. The Hall–Kier alpha value is -3.40. The molecule has 0 aliphatic carbocycles. The normalized spacial score (nSPS) is 14.2. The van der Waals surface area contributed by atoms with E-state index >= 15 is 0 Å². The third kappa shape index (κ3) is 4.45. The van der Waals surface area contributed by atoms with Crippen molar-refractivity contribution in [1.82, 2.24) is 4.98 Å². The van der Waals surface area contributed by atoms with Crippen LogP contribution in [0.15, 0.2) is 65.7 Å². The number of fused-ring (bicyclic) bond motifs is 1. The first-order valence-electron chi connectivity index (χ1n) is 9.48. The number of pyridine rings is 1. The van der Waals surface area contributed by atoms with Crippen LogP contribution in [0.3, 0.4) is 0 Å². The molecule has 0 fully saturated rings. The summed E-state index contributed by atoms with van der Waals surface area (Å²) in [4.78, 5) is 18.7. The van der Waals surface area contributed by atoms with Gasteiger partial charge in [-0.1, -0.05) is 6.07 Å². The first kappa shape index (κ1) is 21.8. The SMILES string of the molecule is CS(=O)(=O)c1ccnc(N2CCc3ccc(Oc4ccc(C(F)(F)F)cc4)cc3C2=O)c1. The number of nitrogens with zero attached hydrogens (tertiary/aromatic N) is 2. The van der Waals surface area contributed by atoms with E-state index in [2.05, 4.69) is 4.98 Å². The largest absolute Gasteiger partial charge is 0.457 e. The fraction of sp³-hybridized carbons (Fsp3) is 0.182. The van der Waals surface area contributed by atoms with Crippen LogP contribution >= 0.6 is 0 Å². The molecule has 1 amide bonds. The van der Waals surface area contributed by atoms with Gasteiger partial charge in [-0.15, -0.1) is 0 Å². The molecule has 0 N–H and O–H groups in total. The summed E-state index contributed by atoms with van der Waals surface area (Å²) in [5.41, 5.74) is 0.349. The molecule has 1 aliphatic rings. The van der Waals surface area contributed by atoms with Gasteiger partial charge in [0.1, 0.15) is 17.3 Å². The highest BCUT2D eigenvalue weighted by atomic mass is 32.2. The van der Waals surface area contributed by atoms with Crippen LogP contribution in [-0.4, -0.2) is 32.1 Å². The molecule has 1 aromatic heterocycles. The summed E-state index contributed by atoms with van der Waals surface area (Å²) in [5.74, 6) is 0.331. The average molecular weight is 462 g/mol. The molecule has 0 unspecified atom stereocenters. The number of carbonyl (C=O) groups is 1. The van der Waals surface area contributed by atoms with Crippen LogP contribution in [0.1, 0.15) is 21.5 Å². The predicted molar refractivity (Wildman–Crippen MR) is 111 cm³/mol. The molecule has 0 bridgehead atoms. The summed E-state index contributed by atoms with van der Waals surface area (Å²) in [5, 5.41) is 0. The Morgan fingerprint density at radius 2 is 1.69 bits per heavy atom. The van der Waals surface area contributed by atoms with Crippen molar-refractivity contribution in [1.29, 1.82) is 0 Å². The van der Waals surface area contributed by atoms with Crippen LogP contribution in [0.4, 0.5) is 19.0 Å². The maximum atomic E-state index is 13.1. The molecular weight excluding hydrogens is 445 g/mol. The highest BCUT2D eigenvalue weighted by Crippen LogP contribution is 2.33. The van der Waals surface area contributed by atoms with Gasteiger partial charge in [0, 0.05) is 24.6 Å². The number of sulfone groups is 1. The first-order chi connectivity index (χ1) is 15.0. The summed E-state index contributed by atoms with van der Waals surface area (Å²) in [6, 6.07) is 11.8. The molecule has 0 atom stereocenters. The summed E-state index contributed by atoms with van der Waals surface area (Å²) in [7, 11) is -3.46. The van der Waals surface area contributed by atoms with E-state index in [1.807, 2.05) is 0 Å². The van der Waals surface area contributed by atoms with Crippen LogP contribution in [0.2, 0.25) is 0 Å². The van der Waals surface area contributed by atoms with Crippen LogP contribution in [0.25, 0.3) is 0 Å². The Labute approximate surface area is 182 Å². The van der Waals surface area contributed by atoms with Crippen molar-refractivity contribution in [3.8, 4) is 11.5 Å². The number of anilines is 1. The van der Waals surface area contributed by atoms with E-state index in [0.717, 1.165) is 24.0 Å². The van der Waals surface area contributed by atoms with Gasteiger partial charge in [0.25, 0.3) is 5.91 Å². The third-order valence-electron chi connectivity index (χ3n) is 5.00. The molecule has 4 rings (SSSR count). The maximum absolute atomic E-state index is 13.1. The number of benzene rings is 2. The maximum Gasteiger partial charge on any atom is 0.416 e. The average Bonchev–Trinajstić information content (AvgIpc) is 2.74. The second-order valence-corrected chi connectivity index (χ2v) is 9.29. The van der Waals surface area contributed by atoms with Gasteiger partial charge < -0.3 is 4.74 Å². The standard InChI is InChI=1S/C22H17F3N2O4S/c1-32(29,30)18-8-10-26-20(13-18)27-11-9-14-2-5-17(12-19(14)21(27)28)31-16-6-3-15(4-7-16)22(23,24)25/h2-8,10,12-13H,9,11H2,1H3. The quantitative estimate of drug-likeness (QED) is 0.571. The molecule has 2 aromatic carbocycles. The van der Waals surface area contributed by atoms with Gasteiger partial charge >= 0.3 is 6.18 Å². The van der Waals surface area contributed by atoms with Crippen LogP contribution < -0.4 is 9.64 Å². The van der Waals surface area contributed by atoms with Crippen molar-refractivity contribution >= 4 is 21.6 Å². The predicted octanol–water partition coefficient (Wildman–Crippen LogP) is 4.50. The number of aromatic nitrogens is 1. The Kier molecular flexibility index (Phi) is 5.41. The van der Waals surface area contributed by atoms with E-state index in [4.69, 9.17) is 4.74 Å². The topological polar surface area (TPSA) is 76.6 Å². The van der Waals surface area contributed by atoms with E-state index in [-0.39, 0.29) is 28.1 Å². The lowest BCUT2D eigenvalue weighted by molar-refractivity contribution is -0.137. The number of hydrogen-bond donors (Lipinski definition) is 0. The van der Waals surface area contributed by atoms with E-state index in [1.54, 1.807) is 12.1 Å². The second-order valence-electron chi connectivity index (χ2n) is 7.27. The molecule has 0 saturated heterocycles. The summed E-state index contributed by atoms with van der Waals surface area (Å²) in [6.45, 7) is 0.325. The van der Waals surface area contributed by atoms with E-state index in [0.29, 0.717) is 18.5 Å². The molecule has 3 aromatic rings. The van der Waals surface area contributed by atoms with E-state index in [1.165, 1.54) is 41.4 Å². The summed E-state index contributed by atoms with van der Waals surface area (Å²) < 4.78 is 67.5. The zero-order valence-corrected chi connectivity index (χ0v) is 17.6. The minimum atomic E-state index is -4.44. The number of ether oxygens (including phenoxy) is 1. The molecule has 0 spiro atoms. The van der Waals surface area contributed by atoms with Crippen LogP contribution in [0.5, 0.6) is 11.5 Å². The summed E-state index contributed by atoms with van der Waals surface area (Å²) in [6.07, 6.45) is -1.52. The van der Waals surface area contributed by atoms with Gasteiger partial charge in [-0.2, -0.15) is 13.2 Å². The van der Waals surface area contributed by atoms with Crippen LogP contribution in [0, 0.1) is 0 Å². The monoisotopic (exact) mass is 462 g/mol. The Morgan fingerprint density at radius 1 is 1.00 bits per heavy atom. The third-order valence-corrected chi connectivity index (χ3v) is 6.11. The number of carbonyl (C=O) groups excluding carboxylic acids is 1. The summed E-state index contributed by atoms with van der Waals surface area (Å²) >= 11 is 0. The smallest absolute Gasteiger partial charge is 0.416 e. The van der Waals surface area contributed by atoms with Crippen molar-refractivity contribution in [2.75, 3.05) is 17.7 Å². The minimum Gasteiger partial charge on any atom is -0.457 e. The zero-order valence-electron chi connectivity index (χ0n) is 16.8. The van der Waals surface area contributed by atoms with Crippen molar-refractivity contribution < 1.29 is 31.1 Å². The number of halogens is 3. The van der Waals surface area contributed by atoms with Gasteiger partial charge in [0.15, 0.2) is 9.84 Å². The number of alkyl halides is 3. The van der Waals surface area contributed by atoms with E-state index < -0.39 is 21.6 Å². The minimum absolute atomic E-state index is 0.0560. The van der Waals surface area contributed by atoms with Gasteiger partial charge in [-0.3, -0.25) is 9.69 Å². The molecule has 1 aliphatic heterocycles. The van der Waals surface area contributed by atoms with Gasteiger partial charge in [-0.05, 0) is 60.5 Å². The highest BCUT2D eigenvalue weighted by Gasteiger charge is 2.30. The van der Waals surface area contributed by atoms with Gasteiger partial charge in [-0.25, -0.2) is 13.4 Å². The Bertz CT molecular complexity index is 1290. The molecule has 32 heavy (non-hydrogen) atoms. The lowest BCUT2D eigenvalue weighted by Gasteiger charge is -2.28. The Balaban J connectivity index is 1.59. The first-order valence-corrected chi connectivity index (χ1v) is 11.4. The van der Waals surface area contributed by atoms with Crippen molar-refractivity contribution in [3.05, 3.63) is 77.5 Å². The number of rotatable bonds is 4. The lowest BCUT2D eigenvalue weighted by atomic mass is 9.98. The van der Waals surface area contributed by atoms with Crippen molar-refractivity contribution in [3.63, 3.8) is 0 Å². The van der Waals surface area contributed by atoms with Gasteiger partial charge in [0.05, 0.1) is 10.5 Å². The highest BCUT2D eigenvalue weighted by molar-refractivity contribution is 7.90. The molecule has 10 heteroatoms. The number of amides is 1. The fourth-order valence-corrected chi connectivity index (χ4v) is 3.99. The molecule has 166 valence electrons. The number of hydrogen-bond acceptors (Lipinski definition) is 5. The zero-order chi connectivity index (χ0) is 23.1. The molecule has 0 saturated carbocycles.